The van der Waals surface area contributed by atoms with Crippen LogP contribution in [0.2, 0.25) is 0 Å². The van der Waals surface area contributed by atoms with E-state index in [1.807, 2.05) is 0 Å². The van der Waals surface area contributed by atoms with Gasteiger partial charge in [-0.3, -0.25) is 4.79 Å². The van der Waals surface area contributed by atoms with E-state index >= 15 is 0 Å². The first kappa shape index (κ1) is 13.5. The van der Waals surface area contributed by atoms with E-state index in [0.717, 1.165) is 12.1 Å². The Hall–Kier alpha value is -1.56. The first-order valence-electron chi connectivity index (χ1n) is 4.93. The van der Waals surface area contributed by atoms with Crippen molar-refractivity contribution in [3.8, 4) is 0 Å². The smallest absolute Gasteiger partial charge is 0.416 e. The standard InChI is InChI=1S/C11H12F3NO2/c1-7(10(16)17)15-6-8-3-2-4-9(5-8)11(12,13)14/h2-5,7,15H,6H2,1H3,(H,16,17)/t7-/m0/s1. The van der Waals surface area contributed by atoms with Crippen LogP contribution in [0.25, 0.3) is 0 Å². The van der Waals surface area contributed by atoms with Crippen LogP contribution in [0.4, 0.5) is 13.2 Å². The van der Waals surface area contributed by atoms with Gasteiger partial charge in [0.25, 0.3) is 0 Å². The van der Waals surface area contributed by atoms with Gasteiger partial charge in [0.2, 0.25) is 0 Å². The van der Waals surface area contributed by atoms with Gasteiger partial charge in [-0.1, -0.05) is 18.2 Å². The first-order chi connectivity index (χ1) is 7.80. The van der Waals surface area contributed by atoms with Crippen LogP contribution in [0, 0.1) is 0 Å². The minimum atomic E-state index is -4.38. The van der Waals surface area contributed by atoms with Crippen LogP contribution in [0.15, 0.2) is 24.3 Å². The third-order valence-corrected chi connectivity index (χ3v) is 2.24. The van der Waals surface area contributed by atoms with Crippen LogP contribution >= 0.6 is 0 Å². The van der Waals surface area contributed by atoms with E-state index in [1.54, 1.807) is 0 Å². The summed E-state index contributed by atoms with van der Waals surface area (Å²) in [7, 11) is 0. The van der Waals surface area contributed by atoms with Gasteiger partial charge >= 0.3 is 12.1 Å². The summed E-state index contributed by atoms with van der Waals surface area (Å²) >= 11 is 0. The molecule has 0 fully saturated rings. The highest BCUT2D eigenvalue weighted by Gasteiger charge is 2.30. The van der Waals surface area contributed by atoms with Crippen molar-refractivity contribution in [2.24, 2.45) is 0 Å². The second kappa shape index (κ2) is 5.18. The normalized spacial score (nSPS) is 13.4. The van der Waals surface area contributed by atoms with Gasteiger partial charge in [-0.25, -0.2) is 0 Å². The molecule has 17 heavy (non-hydrogen) atoms. The monoisotopic (exact) mass is 247 g/mol. The largest absolute Gasteiger partial charge is 0.480 e. The van der Waals surface area contributed by atoms with E-state index in [4.69, 9.17) is 5.11 Å². The Kier molecular flexibility index (Phi) is 4.11. The van der Waals surface area contributed by atoms with Gasteiger partial charge in [-0.15, -0.1) is 0 Å². The Labute approximate surface area is 96.3 Å². The maximum Gasteiger partial charge on any atom is 0.416 e. The Morgan fingerprint density at radius 1 is 1.47 bits per heavy atom. The lowest BCUT2D eigenvalue weighted by atomic mass is 10.1. The van der Waals surface area contributed by atoms with Crippen molar-refractivity contribution in [2.45, 2.75) is 25.7 Å². The number of alkyl halides is 3. The zero-order chi connectivity index (χ0) is 13.1. The molecule has 1 atom stereocenters. The Morgan fingerprint density at radius 2 is 2.12 bits per heavy atom. The molecule has 1 aromatic carbocycles. The van der Waals surface area contributed by atoms with Crippen LogP contribution in [0.3, 0.4) is 0 Å². The molecule has 0 saturated heterocycles. The average Bonchev–Trinajstić information content (AvgIpc) is 2.25. The quantitative estimate of drug-likeness (QED) is 0.858. The topological polar surface area (TPSA) is 49.3 Å². The molecule has 0 bridgehead atoms. The number of aliphatic carboxylic acids is 1. The number of carboxylic acids is 1. The Bertz CT molecular complexity index is 404. The van der Waals surface area contributed by atoms with E-state index in [9.17, 15) is 18.0 Å². The summed E-state index contributed by atoms with van der Waals surface area (Å²) in [5.74, 6) is -1.04. The number of nitrogens with one attached hydrogen (secondary N) is 1. The first-order valence-corrected chi connectivity index (χ1v) is 4.93. The minimum absolute atomic E-state index is 0.0807. The summed E-state index contributed by atoms with van der Waals surface area (Å²) in [4.78, 5) is 10.5. The molecule has 0 spiro atoms. The highest BCUT2D eigenvalue weighted by molar-refractivity contribution is 5.72. The van der Waals surface area contributed by atoms with Gasteiger partial charge in [0, 0.05) is 6.54 Å². The summed E-state index contributed by atoms with van der Waals surface area (Å²) in [5.41, 5.74) is -0.340. The molecule has 3 nitrogen and oxygen atoms in total. The number of rotatable bonds is 4. The van der Waals surface area contributed by atoms with Crippen molar-refractivity contribution in [3.63, 3.8) is 0 Å². The van der Waals surface area contributed by atoms with E-state index in [2.05, 4.69) is 5.32 Å². The van der Waals surface area contributed by atoms with Gasteiger partial charge in [0.15, 0.2) is 0 Å². The lowest BCUT2D eigenvalue weighted by molar-refractivity contribution is -0.139. The maximum absolute atomic E-state index is 12.4. The SMILES string of the molecule is C[C@H](NCc1cccc(C(F)(F)F)c1)C(=O)O. The summed E-state index contributed by atoms with van der Waals surface area (Å²) in [6.45, 7) is 1.51. The molecule has 0 aliphatic rings. The van der Waals surface area contributed by atoms with Crippen LogP contribution in [0.1, 0.15) is 18.1 Å². The molecule has 0 heterocycles. The molecule has 0 unspecified atom stereocenters. The zero-order valence-corrected chi connectivity index (χ0v) is 9.08. The molecule has 0 radical (unpaired) electrons. The molecular formula is C11H12F3NO2. The summed E-state index contributed by atoms with van der Waals surface area (Å²) in [6.07, 6.45) is -4.38. The Morgan fingerprint density at radius 3 is 2.65 bits per heavy atom. The molecule has 94 valence electrons. The molecule has 0 aliphatic heterocycles. The van der Waals surface area contributed by atoms with E-state index < -0.39 is 23.8 Å². The third kappa shape index (κ3) is 4.07. The number of hydrogen-bond donors (Lipinski definition) is 2. The second-order valence-electron chi connectivity index (χ2n) is 3.64. The summed E-state index contributed by atoms with van der Waals surface area (Å²) in [6, 6.07) is 3.98. The van der Waals surface area contributed by atoms with Crippen molar-refractivity contribution in [2.75, 3.05) is 0 Å². The minimum Gasteiger partial charge on any atom is -0.480 e. The van der Waals surface area contributed by atoms with Crippen LogP contribution < -0.4 is 5.32 Å². The van der Waals surface area contributed by atoms with Crippen molar-refractivity contribution >= 4 is 5.97 Å². The van der Waals surface area contributed by atoms with Crippen molar-refractivity contribution in [3.05, 3.63) is 35.4 Å². The molecule has 1 aromatic rings. The number of hydrogen-bond acceptors (Lipinski definition) is 2. The number of carbonyl (C=O) groups is 1. The van der Waals surface area contributed by atoms with Gasteiger partial charge in [-0.2, -0.15) is 13.2 Å². The predicted molar refractivity (Wildman–Crippen MR) is 55.4 cm³/mol. The highest BCUT2D eigenvalue weighted by atomic mass is 19.4. The van der Waals surface area contributed by atoms with Crippen LogP contribution in [0.5, 0.6) is 0 Å². The molecule has 0 aromatic heterocycles. The second-order valence-corrected chi connectivity index (χ2v) is 3.64. The molecule has 0 amide bonds. The highest BCUT2D eigenvalue weighted by Crippen LogP contribution is 2.29. The lowest BCUT2D eigenvalue weighted by Crippen LogP contribution is -2.33. The van der Waals surface area contributed by atoms with Gasteiger partial charge in [0.1, 0.15) is 6.04 Å². The third-order valence-electron chi connectivity index (χ3n) is 2.24. The molecular weight excluding hydrogens is 235 g/mol. The molecule has 1 rings (SSSR count). The molecule has 2 N–H and O–H groups in total. The number of halogens is 3. The molecule has 0 aliphatic carbocycles. The summed E-state index contributed by atoms with van der Waals surface area (Å²) < 4.78 is 37.1. The van der Waals surface area contributed by atoms with Gasteiger partial charge in [0.05, 0.1) is 5.56 Å². The van der Waals surface area contributed by atoms with Crippen LogP contribution in [-0.4, -0.2) is 17.1 Å². The maximum atomic E-state index is 12.4. The van der Waals surface area contributed by atoms with E-state index in [1.165, 1.54) is 19.1 Å². The zero-order valence-electron chi connectivity index (χ0n) is 9.08. The molecule has 6 heteroatoms. The Balaban J connectivity index is 2.70. The van der Waals surface area contributed by atoms with Gasteiger partial charge in [-0.05, 0) is 18.6 Å². The fraction of sp³-hybridized carbons (Fsp3) is 0.364. The van der Waals surface area contributed by atoms with Crippen molar-refractivity contribution < 1.29 is 23.1 Å². The van der Waals surface area contributed by atoms with Crippen LogP contribution in [-0.2, 0) is 17.5 Å². The molecule has 0 saturated carbocycles. The van der Waals surface area contributed by atoms with Crippen molar-refractivity contribution in [1.29, 1.82) is 0 Å². The number of benzene rings is 1. The fourth-order valence-electron chi connectivity index (χ4n) is 1.22. The predicted octanol–water partition coefficient (Wildman–Crippen LogP) is 2.27. The average molecular weight is 247 g/mol. The fourth-order valence-corrected chi connectivity index (χ4v) is 1.22. The van der Waals surface area contributed by atoms with Gasteiger partial charge < -0.3 is 10.4 Å². The van der Waals surface area contributed by atoms with E-state index in [0.29, 0.717) is 5.56 Å². The lowest BCUT2D eigenvalue weighted by Gasteiger charge is -2.11. The van der Waals surface area contributed by atoms with Crippen molar-refractivity contribution in [1.82, 2.24) is 5.32 Å². The number of carboxylic acid groups (broad SMARTS) is 1. The van der Waals surface area contributed by atoms with E-state index in [-0.39, 0.29) is 6.54 Å². The summed E-state index contributed by atoms with van der Waals surface area (Å²) in [5, 5.41) is 11.2.